The van der Waals surface area contributed by atoms with Crippen molar-refractivity contribution in [1.29, 1.82) is 0 Å². The van der Waals surface area contributed by atoms with Gasteiger partial charge in [0.25, 0.3) is 0 Å². The van der Waals surface area contributed by atoms with Crippen LogP contribution < -0.4 is 10.1 Å². The minimum atomic E-state index is 0.168. The molecule has 0 spiro atoms. The summed E-state index contributed by atoms with van der Waals surface area (Å²) in [6.07, 6.45) is 3.94. The maximum absolute atomic E-state index is 5.68. The normalized spacial score (nSPS) is 26.6. The molecular formula is C19H31NO. The van der Waals surface area contributed by atoms with Crippen LogP contribution in [0.4, 0.5) is 0 Å². The first kappa shape index (κ1) is 16.4. The van der Waals surface area contributed by atoms with Gasteiger partial charge >= 0.3 is 0 Å². The van der Waals surface area contributed by atoms with Gasteiger partial charge in [0.15, 0.2) is 0 Å². The topological polar surface area (TPSA) is 21.3 Å². The fourth-order valence-electron chi connectivity index (χ4n) is 3.93. The summed E-state index contributed by atoms with van der Waals surface area (Å²) in [4.78, 5) is 0. The van der Waals surface area contributed by atoms with Crippen LogP contribution in [-0.4, -0.2) is 19.7 Å². The molecule has 0 radical (unpaired) electrons. The summed E-state index contributed by atoms with van der Waals surface area (Å²) < 4.78 is 5.68. The zero-order valence-electron chi connectivity index (χ0n) is 14.3. The molecule has 3 atom stereocenters. The Labute approximate surface area is 130 Å². The van der Waals surface area contributed by atoms with E-state index < -0.39 is 0 Å². The second-order valence-electron chi connectivity index (χ2n) is 7.10. The predicted molar refractivity (Wildman–Crippen MR) is 90.0 cm³/mol. The molecule has 1 aliphatic carbocycles. The Hall–Kier alpha value is -1.02. The number of hydrogen-bond acceptors (Lipinski definition) is 2. The maximum Gasteiger partial charge on any atom is 0.119 e. The van der Waals surface area contributed by atoms with E-state index in [-0.39, 0.29) is 5.41 Å². The highest BCUT2D eigenvalue weighted by Crippen LogP contribution is 2.42. The Morgan fingerprint density at radius 3 is 2.71 bits per heavy atom. The first-order chi connectivity index (χ1) is 9.98. The number of benzene rings is 1. The highest BCUT2D eigenvalue weighted by atomic mass is 16.5. The van der Waals surface area contributed by atoms with Crippen LogP contribution >= 0.6 is 0 Å². The molecule has 3 unspecified atom stereocenters. The van der Waals surface area contributed by atoms with E-state index in [0.29, 0.717) is 12.0 Å². The van der Waals surface area contributed by atoms with Crippen LogP contribution in [-0.2, 0) is 5.41 Å². The number of rotatable bonds is 5. The molecule has 1 saturated carbocycles. The molecule has 1 aromatic rings. The van der Waals surface area contributed by atoms with Gasteiger partial charge in [-0.25, -0.2) is 0 Å². The summed E-state index contributed by atoms with van der Waals surface area (Å²) in [6.45, 7) is 9.93. The fourth-order valence-corrected chi connectivity index (χ4v) is 3.93. The lowest BCUT2D eigenvalue weighted by Crippen LogP contribution is -2.47. The molecule has 118 valence electrons. The summed E-state index contributed by atoms with van der Waals surface area (Å²) in [7, 11) is 2.11. The molecule has 0 amide bonds. The van der Waals surface area contributed by atoms with Crippen LogP contribution in [0.5, 0.6) is 5.75 Å². The Balaban J connectivity index is 2.25. The first-order valence-corrected chi connectivity index (χ1v) is 8.39. The first-order valence-electron chi connectivity index (χ1n) is 8.39. The van der Waals surface area contributed by atoms with Crippen molar-refractivity contribution in [3.63, 3.8) is 0 Å². The Kier molecular flexibility index (Phi) is 5.32. The molecule has 21 heavy (non-hydrogen) atoms. The van der Waals surface area contributed by atoms with Crippen molar-refractivity contribution in [2.24, 2.45) is 11.8 Å². The predicted octanol–water partition coefficient (Wildman–Crippen LogP) is 4.39. The lowest BCUT2D eigenvalue weighted by Gasteiger charge is -2.44. The summed E-state index contributed by atoms with van der Waals surface area (Å²) in [5.74, 6) is 2.51. The fraction of sp³-hybridized carbons (Fsp3) is 0.684. The molecule has 2 nitrogen and oxygen atoms in total. The molecule has 1 aliphatic rings. The van der Waals surface area contributed by atoms with E-state index in [9.17, 15) is 0 Å². The lowest BCUT2D eigenvalue weighted by atomic mass is 9.63. The van der Waals surface area contributed by atoms with Gasteiger partial charge in [0.1, 0.15) is 5.75 Å². The minimum Gasteiger partial charge on any atom is -0.494 e. The van der Waals surface area contributed by atoms with Crippen LogP contribution in [0, 0.1) is 11.8 Å². The largest absolute Gasteiger partial charge is 0.494 e. The third-order valence-corrected chi connectivity index (χ3v) is 5.30. The zero-order chi connectivity index (χ0) is 15.5. The number of hydrogen-bond donors (Lipinski definition) is 1. The second kappa shape index (κ2) is 6.83. The highest BCUT2D eigenvalue weighted by Gasteiger charge is 2.39. The monoisotopic (exact) mass is 289 g/mol. The van der Waals surface area contributed by atoms with E-state index in [1.807, 2.05) is 6.92 Å². The Morgan fingerprint density at radius 2 is 2.05 bits per heavy atom. The van der Waals surface area contributed by atoms with Gasteiger partial charge in [-0.05, 0) is 61.8 Å². The van der Waals surface area contributed by atoms with E-state index in [1.54, 1.807) is 0 Å². The molecule has 2 heteroatoms. The molecule has 1 aromatic carbocycles. The SMILES string of the molecule is CCOc1cccc(C(C)(C)C2CCC(C)CC2NC)c1. The summed E-state index contributed by atoms with van der Waals surface area (Å²) in [6, 6.07) is 9.28. The van der Waals surface area contributed by atoms with Crippen molar-refractivity contribution >= 4 is 0 Å². The molecule has 0 bridgehead atoms. The van der Waals surface area contributed by atoms with Gasteiger partial charge in [-0.1, -0.05) is 39.3 Å². The minimum absolute atomic E-state index is 0.168. The summed E-state index contributed by atoms with van der Waals surface area (Å²) in [5, 5.41) is 3.57. The van der Waals surface area contributed by atoms with E-state index in [2.05, 4.69) is 57.4 Å². The quantitative estimate of drug-likeness (QED) is 0.868. The third-order valence-electron chi connectivity index (χ3n) is 5.30. The molecule has 0 saturated heterocycles. The molecule has 1 N–H and O–H groups in total. The van der Waals surface area contributed by atoms with Crippen molar-refractivity contribution in [3.8, 4) is 5.75 Å². The molecule has 0 aliphatic heterocycles. The molecule has 1 fully saturated rings. The van der Waals surface area contributed by atoms with Crippen LogP contribution in [0.1, 0.15) is 52.5 Å². The van der Waals surface area contributed by atoms with Gasteiger partial charge in [0.05, 0.1) is 6.61 Å². The van der Waals surface area contributed by atoms with Crippen LogP contribution in [0.2, 0.25) is 0 Å². The van der Waals surface area contributed by atoms with Gasteiger partial charge in [-0.2, -0.15) is 0 Å². The van der Waals surface area contributed by atoms with E-state index in [4.69, 9.17) is 4.74 Å². The van der Waals surface area contributed by atoms with E-state index in [0.717, 1.165) is 18.3 Å². The van der Waals surface area contributed by atoms with Gasteiger partial charge in [0, 0.05) is 6.04 Å². The van der Waals surface area contributed by atoms with Crippen molar-refractivity contribution < 1.29 is 4.74 Å². The van der Waals surface area contributed by atoms with Gasteiger partial charge < -0.3 is 10.1 Å². The number of ether oxygens (including phenoxy) is 1. The van der Waals surface area contributed by atoms with E-state index >= 15 is 0 Å². The number of nitrogens with one attached hydrogen (secondary N) is 1. The Bertz CT molecular complexity index is 455. The summed E-state index contributed by atoms with van der Waals surface area (Å²) in [5.41, 5.74) is 1.56. The van der Waals surface area contributed by atoms with Crippen molar-refractivity contribution in [1.82, 2.24) is 5.32 Å². The van der Waals surface area contributed by atoms with Crippen molar-refractivity contribution in [2.75, 3.05) is 13.7 Å². The third kappa shape index (κ3) is 3.60. The second-order valence-corrected chi connectivity index (χ2v) is 7.10. The van der Waals surface area contributed by atoms with Crippen LogP contribution in [0.3, 0.4) is 0 Å². The maximum atomic E-state index is 5.68. The van der Waals surface area contributed by atoms with Gasteiger partial charge in [-0.3, -0.25) is 0 Å². The van der Waals surface area contributed by atoms with Crippen molar-refractivity contribution in [2.45, 2.75) is 58.4 Å². The molecule has 2 rings (SSSR count). The van der Waals surface area contributed by atoms with Crippen LogP contribution in [0.25, 0.3) is 0 Å². The molecule has 0 heterocycles. The smallest absolute Gasteiger partial charge is 0.119 e. The zero-order valence-corrected chi connectivity index (χ0v) is 14.3. The highest BCUT2D eigenvalue weighted by molar-refractivity contribution is 5.34. The average Bonchev–Trinajstić information content (AvgIpc) is 2.47. The molecule has 0 aromatic heterocycles. The van der Waals surface area contributed by atoms with E-state index in [1.165, 1.54) is 24.8 Å². The standard InChI is InChI=1S/C19H31NO/c1-6-21-16-9-7-8-15(13-16)19(3,4)17-11-10-14(2)12-18(17)20-5/h7-9,13-14,17-18,20H,6,10-12H2,1-5H3. The molecular weight excluding hydrogens is 258 g/mol. The average molecular weight is 289 g/mol. The Morgan fingerprint density at radius 1 is 1.29 bits per heavy atom. The van der Waals surface area contributed by atoms with Crippen molar-refractivity contribution in [3.05, 3.63) is 29.8 Å². The summed E-state index contributed by atoms with van der Waals surface area (Å²) >= 11 is 0. The lowest BCUT2D eigenvalue weighted by molar-refractivity contribution is 0.151. The van der Waals surface area contributed by atoms with Crippen LogP contribution in [0.15, 0.2) is 24.3 Å². The van der Waals surface area contributed by atoms with Gasteiger partial charge in [0.2, 0.25) is 0 Å². The van der Waals surface area contributed by atoms with Gasteiger partial charge in [-0.15, -0.1) is 0 Å².